The number of carbonyl (C=O) groups is 1. The van der Waals surface area contributed by atoms with Gasteiger partial charge in [0.1, 0.15) is 4.48 Å². The molecule has 1 aromatic rings. The summed E-state index contributed by atoms with van der Waals surface area (Å²) in [4.78, 5) is 10.4. The van der Waals surface area contributed by atoms with Crippen molar-refractivity contribution >= 4 is 28.0 Å². The normalized spacial score (nSPS) is 12.6. The fraction of sp³-hybridized carbons (Fsp3) is 0.100. The van der Waals surface area contributed by atoms with Crippen LogP contribution in [-0.2, 0) is 11.0 Å². The molecule has 0 aliphatic heterocycles. The lowest BCUT2D eigenvalue weighted by molar-refractivity contribution is -0.137. The predicted molar refractivity (Wildman–Crippen MR) is 56.0 cm³/mol. The largest absolute Gasteiger partial charge is 0.477 e. The Labute approximate surface area is 97.5 Å². The van der Waals surface area contributed by atoms with Crippen LogP contribution in [0.25, 0.3) is 6.08 Å². The number of benzene rings is 1. The van der Waals surface area contributed by atoms with E-state index in [2.05, 4.69) is 15.9 Å². The summed E-state index contributed by atoms with van der Waals surface area (Å²) in [6, 6.07) is 4.41. The highest BCUT2D eigenvalue weighted by atomic mass is 79.9. The lowest BCUT2D eigenvalue weighted by atomic mass is 10.1. The minimum atomic E-state index is -4.43. The molecule has 86 valence electrons. The van der Waals surface area contributed by atoms with Gasteiger partial charge in [0.05, 0.1) is 5.56 Å². The Balaban J connectivity index is 3.09. The first-order valence-electron chi connectivity index (χ1n) is 4.08. The number of aliphatic carboxylic acids is 1. The third-order valence-corrected chi connectivity index (χ3v) is 2.28. The van der Waals surface area contributed by atoms with E-state index < -0.39 is 17.7 Å². The summed E-state index contributed by atoms with van der Waals surface area (Å²) in [6.07, 6.45) is -3.32. The number of hydrogen-bond acceptors (Lipinski definition) is 1. The number of halogens is 4. The molecule has 6 heteroatoms. The van der Waals surface area contributed by atoms with E-state index in [4.69, 9.17) is 5.11 Å². The van der Waals surface area contributed by atoms with Crippen LogP contribution in [-0.4, -0.2) is 11.1 Å². The van der Waals surface area contributed by atoms with E-state index in [1.165, 1.54) is 12.1 Å². The standard InChI is InChI=1S/C10H6BrF3O2/c11-8(9(15)16)5-6-2-1-3-7(4-6)10(12,13)14/h1-5H,(H,15,16)/b8-5-. The van der Waals surface area contributed by atoms with Crippen molar-refractivity contribution in [3.8, 4) is 0 Å². The molecule has 0 aromatic heterocycles. The first-order chi connectivity index (χ1) is 7.30. The van der Waals surface area contributed by atoms with E-state index in [0.29, 0.717) is 0 Å². The summed E-state index contributed by atoms with van der Waals surface area (Å²) < 4.78 is 36.7. The molecule has 0 bridgehead atoms. The molecule has 0 spiro atoms. The van der Waals surface area contributed by atoms with E-state index in [9.17, 15) is 18.0 Å². The second-order valence-corrected chi connectivity index (χ2v) is 3.77. The summed E-state index contributed by atoms with van der Waals surface area (Å²) >= 11 is 2.73. The van der Waals surface area contributed by atoms with Crippen LogP contribution in [0.15, 0.2) is 28.7 Å². The maximum atomic E-state index is 12.3. The molecule has 1 N–H and O–H groups in total. The Bertz CT molecular complexity index is 438. The zero-order chi connectivity index (χ0) is 12.3. The van der Waals surface area contributed by atoms with Crippen LogP contribution in [0.4, 0.5) is 13.2 Å². The topological polar surface area (TPSA) is 37.3 Å². The third-order valence-electron chi connectivity index (χ3n) is 1.71. The van der Waals surface area contributed by atoms with Gasteiger partial charge in [-0.1, -0.05) is 12.1 Å². The highest BCUT2D eigenvalue weighted by Gasteiger charge is 2.30. The minimum Gasteiger partial charge on any atom is -0.477 e. The van der Waals surface area contributed by atoms with E-state index in [1.807, 2.05) is 0 Å². The highest BCUT2D eigenvalue weighted by molar-refractivity contribution is 9.12. The quantitative estimate of drug-likeness (QED) is 0.847. The summed E-state index contributed by atoms with van der Waals surface area (Å²) in [5, 5.41) is 8.54. The molecule has 2 nitrogen and oxygen atoms in total. The summed E-state index contributed by atoms with van der Waals surface area (Å²) in [7, 11) is 0. The molecule has 0 amide bonds. The average molecular weight is 295 g/mol. The molecule has 0 aliphatic rings. The molecular weight excluding hydrogens is 289 g/mol. The van der Waals surface area contributed by atoms with Gasteiger partial charge in [-0.2, -0.15) is 13.2 Å². The zero-order valence-electron chi connectivity index (χ0n) is 7.75. The number of carboxylic acid groups (broad SMARTS) is 1. The molecule has 0 aliphatic carbocycles. The molecule has 0 heterocycles. The van der Waals surface area contributed by atoms with Crippen LogP contribution in [0.1, 0.15) is 11.1 Å². The predicted octanol–water partition coefficient (Wildman–Crippen LogP) is 3.53. The van der Waals surface area contributed by atoms with Crippen LogP contribution in [0.5, 0.6) is 0 Å². The zero-order valence-corrected chi connectivity index (χ0v) is 9.34. The average Bonchev–Trinajstić information content (AvgIpc) is 2.16. The van der Waals surface area contributed by atoms with E-state index >= 15 is 0 Å². The van der Waals surface area contributed by atoms with Crippen LogP contribution >= 0.6 is 15.9 Å². The molecule has 0 fully saturated rings. The molecule has 0 radical (unpaired) electrons. The number of carboxylic acids is 1. The molecule has 0 saturated heterocycles. The summed E-state index contributed by atoms with van der Waals surface area (Å²) in [5.41, 5.74) is -0.643. The van der Waals surface area contributed by atoms with Gasteiger partial charge in [0, 0.05) is 0 Å². The molecule has 0 saturated carbocycles. The van der Waals surface area contributed by atoms with Crippen molar-refractivity contribution in [2.75, 3.05) is 0 Å². The van der Waals surface area contributed by atoms with Gasteiger partial charge in [-0.25, -0.2) is 4.79 Å². The Morgan fingerprint density at radius 2 is 2.00 bits per heavy atom. The maximum Gasteiger partial charge on any atom is 0.416 e. The minimum absolute atomic E-state index is 0.170. The Morgan fingerprint density at radius 1 is 1.38 bits per heavy atom. The highest BCUT2D eigenvalue weighted by Crippen LogP contribution is 2.30. The second kappa shape index (κ2) is 4.69. The third kappa shape index (κ3) is 3.37. The second-order valence-electron chi connectivity index (χ2n) is 2.92. The fourth-order valence-electron chi connectivity index (χ4n) is 1.01. The first-order valence-corrected chi connectivity index (χ1v) is 4.88. The van der Waals surface area contributed by atoms with Crippen molar-refractivity contribution in [1.82, 2.24) is 0 Å². The molecule has 0 atom stereocenters. The first kappa shape index (κ1) is 12.8. The molecule has 0 unspecified atom stereocenters. The van der Waals surface area contributed by atoms with Crippen molar-refractivity contribution in [3.63, 3.8) is 0 Å². The van der Waals surface area contributed by atoms with Crippen LogP contribution < -0.4 is 0 Å². The van der Waals surface area contributed by atoms with Crippen molar-refractivity contribution in [2.45, 2.75) is 6.18 Å². The molecule has 1 aromatic carbocycles. The van der Waals surface area contributed by atoms with Gasteiger partial charge in [0.2, 0.25) is 0 Å². The van der Waals surface area contributed by atoms with Crippen molar-refractivity contribution in [3.05, 3.63) is 39.9 Å². The van der Waals surface area contributed by atoms with Gasteiger partial charge < -0.3 is 5.11 Å². The van der Waals surface area contributed by atoms with Crippen molar-refractivity contribution in [1.29, 1.82) is 0 Å². The number of rotatable bonds is 2. The lowest BCUT2D eigenvalue weighted by Gasteiger charge is -2.06. The SMILES string of the molecule is O=C(O)/C(Br)=C/c1cccc(C(F)(F)F)c1. The number of hydrogen-bond donors (Lipinski definition) is 1. The van der Waals surface area contributed by atoms with E-state index in [1.54, 1.807) is 0 Å². The van der Waals surface area contributed by atoms with Crippen LogP contribution in [0.3, 0.4) is 0 Å². The van der Waals surface area contributed by atoms with Gasteiger partial charge in [-0.3, -0.25) is 0 Å². The Hall–Kier alpha value is -1.30. The monoisotopic (exact) mass is 294 g/mol. The van der Waals surface area contributed by atoms with E-state index in [-0.39, 0.29) is 10.0 Å². The van der Waals surface area contributed by atoms with Crippen LogP contribution in [0.2, 0.25) is 0 Å². The smallest absolute Gasteiger partial charge is 0.416 e. The van der Waals surface area contributed by atoms with Crippen molar-refractivity contribution < 1.29 is 23.1 Å². The van der Waals surface area contributed by atoms with Crippen LogP contribution in [0, 0.1) is 0 Å². The van der Waals surface area contributed by atoms with Crippen molar-refractivity contribution in [2.24, 2.45) is 0 Å². The molecule has 16 heavy (non-hydrogen) atoms. The van der Waals surface area contributed by atoms with Gasteiger partial charge in [0.15, 0.2) is 0 Å². The number of alkyl halides is 3. The fourth-order valence-corrected chi connectivity index (χ4v) is 1.28. The van der Waals surface area contributed by atoms with Gasteiger partial charge >= 0.3 is 12.1 Å². The Morgan fingerprint density at radius 3 is 2.50 bits per heavy atom. The summed E-state index contributed by atoms with van der Waals surface area (Å²) in [5.74, 6) is -1.24. The summed E-state index contributed by atoms with van der Waals surface area (Å²) in [6.45, 7) is 0. The lowest BCUT2D eigenvalue weighted by Crippen LogP contribution is -2.04. The van der Waals surface area contributed by atoms with Gasteiger partial charge in [-0.15, -0.1) is 0 Å². The Kier molecular flexibility index (Phi) is 3.74. The van der Waals surface area contributed by atoms with E-state index in [0.717, 1.165) is 18.2 Å². The maximum absolute atomic E-state index is 12.3. The molecule has 1 rings (SSSR count). The van der Waals surface area contributed by atoms with Gasteiger partial charge in [0.25, 0.3) is 0 Å². The van der Waals surface area contributed by atoms with Gasteiger partial charge in [-0.05, 0) is 39.7 Å². The molecular formula is C10H6BrF3O2.